The zero-order valence-corrected chi connectivity index (χ0v) is 62.1. The van der Waals surface area contributed by atoms with E-state index in [-0.39, 0.29) is 10.8 Å². The number of hydrogen-bond donors (Lipinski definition) is 0. The van der Waals surface area contributed by atoms with Crippen LogP contribution < -0.4 is 0 Å². The Morgan fingerprint density at radius 2 is 0.443 bits per heavy atom. The lowest BCUT2D eigenvalue weighted by atomic mass is 9.68. The Bertz CT molecular complexity index is 2410. The van der Waals surface area contributed by atoms with Gasteiger partial charge in [0, 0.05) is 30.9 Å². The number of aromatic nitrogens is 4. The lowest BCUT2D eigenvalue weighted by Crippen LogP contribution is -2.27. The van der Waals surface area contributed by atoms with Gasteiger partial charge in [0.25, 0.3) is 0 Å². The van der Waals surface area contributed by atoms with Crippen molar-refractivity contribution >= 4 is 77.4 Å². The van der Waals surface area contributed by atoms with Gasteiger partial charge >= 0.3 is 0 Å². The summed E-state index contributed by atoms with van der Waals surface area (Å²) in [6.45, 7) is 9.31. The van der Waals surface area contributed by atoms with Crippen molar-refractivity contribution in [3.8, 4) is 22.3 Å². The fourth-order valence-electron chi connectivity index (χ4n) is 16.3. The maximum atomic E-state index is 5.28. The molecule has 0 saturated heterocycles. The molecule has 2 aliphatic carbocycles. The smallest absolute Gasteiger partial charge is 0.119 e. The maximum Gasteiger partial charge on any atom is 0.119 e. The van der Waals surface area contributed by atoms with Crippen molar-refractivity contribution in [2.45, 2.75) is 398 Å². The quantitative estimate of drug-likeness (QED) is 0.0364. The minimum Gasteiger partial charge on any atom is -0.172 e. The fourth-order valence-corrected chi connectivity index (χ4v) is 18.7. The summed E-state index contributed by atoms with van der Waals surface area (Å²) in [6.07, 6.45) is 76.8. The van der Waals surface area contributed by atoms with Gasteiger partial charge in [-0.2, -0.15) is 17.5 Å². The van der Waals surface area contributed by atoms with E-state index in [4.69, 9.17) is 17.5 Å². The van der Waals surface area contributed by atoms with Crippen molar-refractivity contribution in [1.82, 2.24) is 17.5 Å². The van der Waals surface area contributed by atoms with E-state index in [1.807, 2.05) is 0 Å². The van der Waals surface area contributed by atoms with Gasteiger partial charge in [-0.3, -0.25) is 0 Å². The van der Waals surface area contributed by atoms with Crippen molar-refractivity contribution in [1.29, 1.82) is 0 Å². The summed E-state index contributed by atoms with van der Waals surface area (Å²) >= 11 is 11.1. The third kappa shape index (κ3) is 22.2. The molecular formula is C80H128Br2N4S2. The minimum atomic E-state index is -0.0834. The molecule has 0 N–H and O–H groups in total. The predicted octanol–water partition coefficient (Wildman–Crippen LogP) is 29.7. The van der Waals surface area contributed by atoms with Crippen LogP contribution in [0.4, 0.5) is 0 Å². The summed E-state index contributed by atoms with van der Waals surface area (Å²) in [5.74, 6) is 0. The molecule has 0 unspecified atom stereocenters. The molecule has 3 aromatic carbocycles. The Morgan fingerprint density at radius 3 is 0.659 bits per heavy atom. The third-order valence-corrected chi connectivity index (χ3v) is 23.8. The molecule has 0 amide bonds. The number of unbranched alkanes of at least 4 members (excludes halogenated alkanes) is 48. The van der Waals surface area contributed by atoms with E-state index >= 15 is 0 Å². The summed E-state index contributed by atoms with van der Waals surface area (Å²) in [5.41, 5.74) is 16.1. The first kappa shape index (κ1) is 73.7. The van der Waals surface area contributed by atoms with Crippen molar-refractivity contribution in [3.05, 3.63) is 55.5 Å². The molecule has 0 fully saturated rings. The first-order valence-corrected chi connectivity index (χ1v) is 41.6. The number of fused-ring (bicyclic) bond motifs is 10. The van der Waals surface area contributed by atoms with Gasteiger partial charge in [0.1, 0.15) is 22.1 Å². The van der Waals surface area contributed by atoms with Crippen LogP contribution in [-0.2, 0) is 10.8 Å². The Labute approximate surface area is 566 Å². The van der Waals surface area contributed by atoms with Crippen LogP contribution in [0, 0.1) is 0 Å². The standard InChI is InChI=1S/C80H128Br2N4S2/c1-5-9-13-17-21-25-29-33-37-41-45-49-53-57-79(58-54-50-46-42-38-34-30-26-22-18-14-10-6-2)67-61-66-68(62-65(67)73-69(79)63-71(81)75-77(73)85-87-83-75)80(70-64-72(82)76-78(74(66)70)86-88-84-76,59-55-51-47-43-39-35-31-27-23-19-15-11-7-3)60-56-52-48-44-40-36-32-28-24-20-16-12-8-4/h61-64H,5-60H2,1-4H3. The van der Waals surface area contributed by atoms with Crippen LogP contribution in [0.5, 0.6) is 0 Å². The van der Waals surface area contributed by atoms with Gasteiger partial charge < -0.3 is 0 Å². The lowest BCUT2D eigenvalue weighted by Gasteiger charge is -2.35. The molecule has 0 aliphatic heterocycles. The molecule has 88 heavy (non-hydrogen) atoms. The van der Waals surface area contributed by atoms with Crippen LogP contribution in [-0.4, -0.2) is 17.5 Å². The monoisotopic (exact) mass is 1370 g/mol. The average molecular weight is 1370 g/mol. The molecule has 494 valence electrons. The number of halogens is 2. The first-order chi connectivity index (χ1) is 43.5. The van der Waals surface area contributed by atoms with E-state index in [0.717, 1.165) is 31.0 Å². The molecule has 2 aromatic heterocycles. The first-order valence-electron chi connectivity index (χ1n) is 38.6. The van der Waals surface area contributed by atoms with E-state index in [2.05, 4.69) is 83.8 Å². The lowest BCUT2D eigenvalue weighted by molar-refractivity contribution is 0.393. The summed E-state index contributed by atoms with van der Waals surface area (Å²) in [6, 6.07) is 10.7. The van der Waals surface area contributed by atoms with Crippen molar-refractivity contribution in [2.75, 3.05) is 0 Å². The Balaban J connectivity index is 1.16. The molecule has 0 bridgehead atoms. The van der Waals surface area contributed by atoms with Gasteiger partial charge in [0.05, 0.1) is 23.5 Å². The molecule has 0 spiro atoms. The maximum absolute atomic E-state index is 5.28. The highest BCUT2D eigenvalue weighted by Crippen LogP contribution is 2.63. The number of rotatable bonds is 56. The van der Waals surface area contributed by atoms with Gasteiger partial charge in [-0.15, -0.1) is 0 Å². The zero-order chi connectivity index (χ0) is 61.8. The van der Waals surface area contributed by atoms with Crippen LogP contribution in [0.1, 0.15) is 410 Å². The fraction of sp³-hybridized carbons (Fsp3) is 0.775. The van der Waals surface area contributed by atoms with Crippen molar-refractivity contribution in [3.63, 3.8) is 0 Å². The molecule has 8 heteroatoms. The third-order valence-electron chi connectivity index (χ3n) is 21.6. The molecule has 0 saturated carbocycles. The summed E-state index contributed by atoms with van der Waals surface area (Å²) in [4.78, 5) is 0. The van der Waals surface area contributed by atoms with Crippen molar-refractivity contribution < 1.29 is 0 Å². The van der Waals surface area contributed by atoms with Gasteiger partial charge in [-0.1, -0.05) is 362 Å². The van der Waals surface area contributed by atoms with E-state index in [0.29, 0.717) is 0 Å². The second kappa shape index (κ2) is 43.3. The van der Waals surface area contributed by atoms with E-state index < -0.39 is 0 Å². The van der Waals surface area contributed by atoms with Gasteiger partial charge in [0.15, 0.2) is 0 Å². The minimum absolute atomic E-state index is 0.0834. The van der Waals surface area contributed by atoms with Crippen LogP contribution >= 0.6 is 55.3 Å². The molecule has 5 aromatic rings. The number of hydrogen-bond acceptors (Lipinski definition) is 6. The van der Waals surface area contributed by atoms with E-state index in [1.165, 1.54) is 416 Å². The summed E-state index contributed by atoms with van der Waals surface area (Å²) < 4.78 is 22.9. The van der Waals surface area contributed by atoms with E-state index in [9.17, 15) is 0 Å². The summed E-state index contributed by atoms with van der Waals surface area (Å²) in [7, 11) is 0. The number of benzene rings is 3. The summed E-state index contributed by atoms with van der Waals surface area (Å²) in [5, 5.41) is 0. The molecule has 2 heterocycles. The van der Waals surface area contributed by atoms with E-state index in [1.54, 1.807) is 11.1 Å². The van der Waals surface area contributed by atoms with Gasteiger partial charge in [-0.25, -0.2) is 0 Å². The van der Waals surface area contributed by atoms with Gasteiger partial charge in [0.2, 0.25) is 0 Å². The largest absolute Gasteiger partial charge is 0.172 e. The van der Waals surface area contributed by atoms with Crippen LogP contribution in [0.25, 0.3) is 44.3 Å². The molecular weight excluding hydrogens is 1240 g/mol. The Morgan fingerprint density at radius 1 is 0.250 bits per heavy atom. The number of nitrogens with zero attached hydrogens (tertiary/aromatic N) is 4. The second-order valence-electron chi connectivity index (χ2n) is 28.6. The molecule has 0 atom stereocenters. The molecule has 0 radical (unpaired) electrons. The average Bonchev–Trinajstić information content (AvgIpc) is 1.53. The SMILES string of the molecule is CCCCCCCCCCCCCCCC1(CCCCCCCCCCCCCCC)c2cc3c(cc2-c2c1cc(Br)c1nsnc21)C(CCCCCCCCCCCCCCC)(CCCCCCCCCCCCCCC)c1cc(Br)c2nsnc2c1-3. The van der Waals surface area contributed by atoms with Crippen LogP contribution in [0.2, 0.25) is 0 Å². The predicted molar refractivity (Wildman–Crippen MR) is 397 cm³/mol. The normalized spacial score (nSPS) is 13.8. The zero-order valence-electron chi connectivity index (χ0n) is 57.3. The molecule has 4 nitrogen and oxygen atoms in total. The Hall–Kier alpha value is -1.74. The van der Waals surface area contributed by atoms with Crippen LogP contribution in [0.3, 0.4) is 0 Å². The van der Waals surface area contributed by atoms with Gasteiger partial charge in [-0.05, 0) is 115 Å². The topological polar surface area (TPSA) is 51.6 Å². The molecule has 2 aliphatic rings. The van der Waals surface area contributed by atoms with Crippen LogP contribution in [0.15, 0.2) is 33.2 Å². The highest BCUT2D eigenvalue weighted by atomic mass is 79.9. The van der Waals surface area contributed by atoms with Crippen molar-refractivity contribution in [2.24, 2.45) is 0 Å². The second-order valence-corrected chi connectivity index (χ2v) is 31.3. The Kier molecular flexibility index (Phi) is 36.2. The molecule has 7 rings (SSSR count). The highest BCUT2D eigenvalue weighted by Gasteiger charge is 2.50. The highest BCUT2D eigenvalue weighted by molar-refractivity contribution is 9.11.